The van der Waals surface area contributed by atoms with E-state index < -0.39 is 5.79 Å². The van der Waals surface area contributed by atoms with Crippen LogP contribution < -0.4 is 0 Å². The molecule has 0 aromatic carbocycles. The van der Waals surface area contributed by atoms with Crippen molar-refractivity contribution in [1.29, 1.82) is 0 Å². The zero-order chi connectivity index (χ0) is 16.4. The third kappa shape index (κ3) is 2.29. The van der Waals surface area contributed by atoms with Gasteiger partial charge in [0.1, 0.15) is 35.4 Å². The first-order valence-electron chi connectivity index (χ1n) is 7.51. The van der Waals surface area contributed by atoms with Crippen LogP contribution >= 0.6 is 11.6 Å². The largest absolute Gasteiger partial charge is 0.345 e. The Morgan fingerprint density at radius 1 is 1.30 bits per heavy atom. The average molecular weight is 336 g/mol. The summed E-state index contributed by atoms with van der Waals surface area (Å²) in [5, 5.41) is 1.20. The molecule has 2 saturated heterocycles. The van der Waals surface area contributed by atoms with Gasteiger partial charge in [-0.05, 0) is 32.4 Å². The zero-order valence-electron chi connectivity index (χ0n) is 13.2. The maximum atomic E-state index is 6.19. The molecular weight excluding hydrogens is 318 g/mol. The summed E-state index contributed by atoms with van der Waals surface area (Å²) in [6, 6.07) is 1.88. The van der Waals surface area contributed by atoms with Crippen LogP contribution in [0.5, 0.6) is 0 Å². The van der Waals surface area contributed by atoms with E-state index in [2.05, 4.69) is 16.5 Å². The molecule has 0 unspecified atom stereocenters. The highest BCUT2D eigenvalue weighted by atomic mass is 35.5. The number of halogens is 1. The van der Waals surface area contributed by atoms with Gasteiger partial charge < -0.3 is 18.8 Å². The number of hydrogen-bond acceptors (Lipinski definition) is 5. The predicted molar refractivity (Wildman–Crippen MR) is 85.1 cm³/mol. The average Bonchev–Trinajstić information content (AvgIpc) is 3.09. The van der Waals surface area contributed by atoms with Crippen molar-refractivity contribution >= 4 is 22.6 Å². The smallest absolute Gasteiger partial charge is 0.165 e. The molecule has 0 aliphatic carbocycles. The van der Waals surface area contributed by atoms with E-state index in [0.717, 1.165) is 11.0 Å². The Morgan fingerprint density at radius 3 is 2.78 bits per heavy atom. The van der Waals surface area contributed by atoms with Gasteiger partial charge in [-0.25, -0.2) is 9.97 Å². The fraction of sp³-hybridized carbons (Fsp3) is 0.500. The SMILES string of the molecule is C=C(C)[C@H]1O[C@@H](n2ccc3c(Cl)ncnc32)[C@@H]2OC(C)(C)O[C@@H]21. The van der Waals surface area contributed by atoms with Crippen LogP contribution in [0.3, 0.4) is 0 Å². The lowest BCUT2D eigenvalue weighted by molar-refractivity contribution is -0.192. The first-order chi connectivity index (χ1) is 10.9. The van der Waals surface area contributed by atoms with Crippen LogP contribution in [-0.4, -0.2) is 38.6 Å². The van der Waals surface area contributed by atoms with Crippen molar-refractivity contribution in [3.63, 3.8) is 0 Å². The molecule has 4 heterocycles. The highest BCUT2D eigenvalue weighted by Crippen LogP contribution is 2.45. The monoisotopic (exact) mass is 335 g/mol. The van der Waals surface area contributed by atoms with Crippen molar-refractivity contribution in [2.45, 2.75) is 51.1 Å². The fourth-order valence-corrected chi connectivity index (χ4v) is 3.53. The summed E-state index contributed by atoms with van der Waals surface area (Å²) in [7, 11) is 0. The van der Waals surface area contributed by atoms with Gasteiger partial charge >= 0.3 is 0 Å². The Kier molecular flexibility index (Phi) is 3.29. The van der Waals surface area contributed by atoms with Gasteiger partial charge in [0.05, 0.1) is 5.39 Å². The van der Waals surface area contributed by atoms with Crippen LogP contribution in [0, 0.1) is 0 Å². The third-order valence-electron chi connectivity index (χ3n) is 4.25. The molecule has 2 aliphatic rings. The number of ether oxygens (including phenoxy) is 3. The maximum Gasteiger partial charge on any atom is 0.165 e. The van der Waals surface area contributed by atoms with Gasteiger partial charge in [-0.3, -0.25) is 0 Å². The summed E-state index contributed by atoms with van der Waals surface area (Å²) in [5.74, 6) is -0.652. The van der Waals surface area contributed by atoms with E-state index in [9.17, 15) is 0 Å². The maximum absolute atomic E-state index is 6.19. The first kappa shape index (κ1) is 15.1. The van der Waals surface area contributed by atoms with Gasteiger partial charge in [0.25, 0.3) is 0 Å². The van der Waals surface area contributed by atoms with Gasteiger partial charge in [0.2, 0.25) is 0 Å². The minimum Gasteiger partial charge on any atom is -0.345 e. The van der Waals surface area contributed by atoms with E-state index in [1.807, 2.05) is 37.6 Å². The molecule has 0 N–H and O–H groups in total. The Labute approximate surface area is 139 Å². The van der Waals surface area contributed by atoms with Gasteiger partial charge in [-0.15, -0.1) is 0 Å². The van der Waals surface area contributed by atoms with Crippen LogP contribution in [0.15, 0.2) is 30.7 Å². The topological polar surface area (TPSA) is 58.4 Å². The molecule has 0 bridgehead atoms. The molecule has 4 atom stereocenters. The third-order valence-corrected chi connectivity index (χ3v) is 4.55. The fourth-order valence-electron chi connectivity index (χ4n) is 3.34. The summed E-state index contributed by atoms with van der Waals surface area (Å²) in [4.78, 5) is 8.35. The lowest BCUT2D eigenvalue weighted by atomic mass is 10.1. The van der Waals surface area contributed by atoms with E-state index in [4.69, 9.17) is 25.8 Å². The lowest BCUT2D eigenvalue weighted by Gasteiger charge is -2.25. The molecule has 122 valence electrons. The quantitative estimate of drug-likeness (QED) is 0.623. The number of nitrogens with zero attached hydrogens (tertiary/aromatic N) is 3. The second-order valence-corrected chi connectivity index (χ2v) is 6.84. The zero-order valence-corrected chi connectivity index (χ0v) is 13.9. The first-order valence-corrected chi connectivity index (χ1v) is 7.89. The van der Waals surface area contributed by atoms with E-state index in [0.29, 0.717) is 10.8 Å². The van der Waals surface area contributed by atoms with Crippen LogP contribution in [0.25, 0.3) is 11.0 Å². The van der Waals surface area contributed by atoms with Gasteiger partial charge in [0.15, 0.2) is 12.0 Å². The van der Waals surface area contributed by atoms with Crippen molar-refractivity contribution < 1.29 is 14.2 Å². The number of aromatic nitrogens is 3. The van der Waals surface area contributed by atoms with E-state index in [1.165, 1.54) is 6.33 Å². The Balaban J connectivity index is 1.78. The number of rotatable bonds is 2. The molecule has 2 aliphatic heterocycles. The van der Waals surface area contributed by atoms with E-state index >= 15 is 0 Å². The van der Waals surface area contributed by atoms with E-state index in [1.54, 1.807) is 0 Å². The molecule has 2 fully saturated rings. The van der Waals surface area contributed by atoms with E-state index in [-0.39, 0.29) is 24.5 Å². The summed E-state index contributed by atoms with van der Waals surface area (Å²) in [5.41, 5.74) is 1.62. The molecule has 2 aromatic heterocycles. The lowest BCUT2D eigenvalue weighted by Crippen LogP contribution is -2.30. The molecular formula is C16H18ClN3O3. The minimum absolute atomic E-state index is 0.192. The Hall–Kier alpha value is -1.47. The highest BCUT2D eigenvalue weighted by molar-refractivity contribution is 6.33. The highest BCUT2D eigenvalue weighted by Gasteiger charge is 2.56. The van der Waals surface area contributed by atoms with Crippen molar-refractivity contribution in [3.05, 3.63) is 35.9 Å². The van der Waals surface area contributed by atoms with Crippen molar-refractivity contribution in [3.8, 4) is 0 Å². The van der Waals surface area contributed by atoms with Crippen molar-refractivity contribution in [1.82, 2.24) is 14.5 Å². The van der Waals surface area contributed by atoms with Crippen LogP contribution in [0.2, 0.25) is 5.15 Å². The summed E-state index contributed by atoms with van der Waals surface area (Å²) in [6.45, 7) is 9.77. The number of fused-ring (bicyclic) bond motifs is 2. The minimum atomic E-state index is -0.652. The second kappa shape index (κ2) is 5.01. The normalized spacial score (nSPS) is 32.3. The van der Waals surface area contributed by atoms with Gasteiger partial charge in [0, 0.05) is 6.20 Å². The van der Waals surface area contributed by atoms with Crippen LogP contribution in [0.4, 0.5) is 0 Å². The molecule has 4 rings (SSSR count). The van der Waals surface area contributed by atoms with Gasteiger partial charge in [-0.1, -0.05) is 18.2 Å². The van der Waals surface area contributed by atoms with Gasteiger partial charge in [-0.2, -0.15) is 0 Å². The molecule has 2 aromatic rings. The van der Waals surface area contributed by atoms with Crippen LogP contribution in [0.1, 0.15) is 27.0 Å². The van der Waals surface area contributed by atoms with Crippen molar-refractivity contribution in [2.75, 3.05) is 0 Å². The molecule has 0 spiro atoms. The second-order valence-electron chi connectivity index (χ2n) is 6.48. The molecule has 6 nitrogen and oxygen atoms in total. The molecule has 0 saturated carbocycles. The predicted octanol–water partition coefficient (Wildman–Crippen LogP) is 3.08. The Morgan fingerprint density at radius 2 is 2.04 bits per heavy atom. The number of hydrogen-bond donors (Lipinski definition) is 0. The summed E-state index contributed by atoms with van der Waals surface area (Å²) in [6.07, 6.45) is 2.33. The summed E-state index contributed by atoms with van der Waals surface area (Å²) < 4.78 is 20.2. The van der Waals surface area contributed by atoms with Crippen molar-refractivity contribution in [2.24, 2.45) is 0 Å². The molecule has 7 heteroatoms. The molecule has 0 amide bonds. The molecule has 0 radical (unpaired) electrons. The molecule has 23 heavy (non-hydrogen) atoms. The van der Waals surface area contributed by atoms with Crippen LogP contribution in [-0.2, 0) is 14.2 Å². The Bertz CT molecular complexity index is 788. The summed E-state index contributed by atoms with van der Waals surface area (Å²) >= 11 is 6.14. The standard InChI is InChI=1S/C16H18ClN3O3/c1-8(2)10-11-12(23-16(3,4)22-11)15(21-10)20-6-5-9-13(17)18-7-19-14(9)20/h5-7,10-12,15H,1H2,2-4H3/t10-,11-,12-,15-/m1/s1.